The van der Waals surface area contributed by atoms with Gasteiger partial charge in [0.2, 0.25) is 8.32 Å². The standard InChI is InChI=1S/C23H46O5Si2/c1-10-24-22(28-29(5,6)7)21-18(14-15-20-25-16-17-26-20)12-11-13-19(21)27-30(8,9)23(2,3)4/h18-20H,10-17H2,1-9H3/b22-21+/t18-,19+/m1/s1. The molecule has 1 heterocycles. The molecule has 7 heteroatoms. The number of hydrogen-bond donors (Lipinski definition) is 0. The van der Waals surface area contributed by atoms with Crippen LogP contribution >= 0.6 is 0 Å². The zero-order chi connectivity index (χ0) is 22.6. The average Bonchev–Trinajstić information content (AvgIpc) is 3.10. The summed E-state index contributed by atoms with van der Waals surface area (Å²) in [5, 5.41) is 0.169. The lowest BCUT2D eigenvalue weighted by Crippen LogP contribution is -2.46. The van der Waals surface area contributed by atoms with Gasteiger partial charge in [0.05, 0.1) is 25.9 Å². The van der Waals surface area contributed by atoms with Crippen LogP contribution in [0.1, 0.15) is 59.8 Å². The van der Waals surface area contributed by atoms with Crippen molar-refractivity contribution in [2.75, 3.05) is 19.8 Å². The molecule has 30 heavy (non-hydrogen) atoms. The van der Waals surface area contributed by atoms with E-state index in [4.69, 9.17) is 23.1 Å². The summed E-state index contributed by atoms with van der Waals surface area (Å²) in [7, 11) is -3.74. The van der Waals surface area contributed by atoms with Crippen molar-refractivity contribution in [1.82, 2.24) is 0 Å². The Morgan fingerprint density at radius 3 is 2.17 bits per heavy atom. The molecule has 1 saturated heterocycles. The first kappa shape index (κ1) is 25.9. The summed E-state index contributed by atoms with van der Waals surface area (Å²) in [5.41, 5.74) is 1.26. The SMILES string of the molecule is CCO/C(O[Si](C)(C)C)=C1/[C@@H](CCC2OCCO2)CCC[C@@H]1O[Si](C)(C)C(C)(C)C. The van der Waals surface area contributed by atoms with Crippen LogP contribution in [0.5, 0.6) is 0 Å². The molecule has 2 atom stereocenters. The highest BCUT2D eigenvalue weighted by molar-refractivity contribution is 6.74. The Morgan fingerprint density at radius 2 is 1.63 bits per heavy atom. The maximum atomic E-state index is 6.97. The highest BCUT2D eigenvalue weighted by Crippen LogP contribution is 2.44. The monoisotopic (exact) mass is 458 g/mol. The molecule has 176 valence electrons. The fourth-order valence-corrected chi connectivity index (χ4v) is 5.91. The van der Waals surface area contributed by atoms with Crippen LogP contribution in [-0.2, 0) is 23.1 Å². The molecule has 0 aromatic carbocycles. The molecule has 1 saturated carbocycles. The lowest BCUT2D eigenvalue weighted by molar-refractivity contribution is -0.0508. The van der Waals surface area contributed by atoms with Crippen molar-refractivity contribution in [1.29, 1.82) is 0 Å². The summed E-state index contributed by atoms with van der Waals surface area (Å²) in [6, 6.07) is 0. The summed E-state index contributed by atoms with van der Waals surface area (Å²) in [5.74, 6) is 1.14. The predicted octanol–water partition coefficient (Wildman–Crippen LogP) is 6.43. The van der Waals surface area contributed by atoms with Gasteiger partial charge in [-0.15, -0.1) is 0 Å². The molecule has 2 fully saturated rings. The third-order valence-corrected chi connectivity index (χ3v) is 11.7. The number of hydrogen-bond acceptors (Lipinski definition) is 5. The third-order valence-electron chi connectivity index (χ3n) is 6.40. The largest absolute Gasteiger partial charge is 0.520 e. The van der Waals surface area contributed by atoms with Gasteiger partial charge in [-0.3, -0.25) is 0 Å². The number of rotatable bonds is 9. The van der Waals surface area contributed by atoms with Crippen molar-refractivity contribution >= 4 is 16.6 Å². The Bertz CT molecular complexity index is 571. The maximum absolute atomic E-state index is 6.97. The normalized spacial score (nSPS) is 26.0. The summed E-state index contributed by atoms with van der Waals surface area (Å²) >= 11 is 0. The molecule has 0 spiro atoms. The third kappa shape index (κ3) is 7.36. The van der Waals surface area contributed by atoms with E-state index >= 15 is 0 Å². The van der Waals surface area contributed by atoms with E-state index in [9.17, 15) is 0 Å². The fourth-order valence-electron chi connectivity index (χ4n) is 3.87. The Hall–Kier alpha value is -0.346. The highest BCUT2D eigenvalue weighted by atomic mass is 28.4. The van der Waals surface area contributed by atoms with Crippen molar-refractivity contribution in [3.8, 4) is 0 Å². The molecule has 5 nitrogen and oxygen atoms in total. The first-order chi connectivity index (χ1) is 13.8. The van der Waals surface area contributed by atoms with E-state index in [1.807, 2.05) is 6.92 Å². The van der Waals surface area contributed by atoms with Gasteiger partial charge in [-0.1, -0.05) is 20.8 Å². The molecular formula is C23H46O5Si2. The molecule has 1 aliphatic heterocycles. The van der Waals surface area contributed by atoms with Crippen LogP contribution in [0.3, 0.4) is 0 Å². The first-order valence-electron chi connectivity index (χ1n) is 11.8. The molecular weight excluding hydrogens is 412 g/mol. The molecule has 0 unspecified atom stereocenters. The van der Waals surface area contributed by atoms with Gasteiger partial charge in [0, 0.05) is 5.57 Å². The smallest absolute Gasteiger partial charge is 0.267 e. The van der Waals surface area contributed by atoms with Gasteiger partial charge in [0.15, 0.2) is 14.6 Å². The Morgan fingerprint density at radius 1 is 1.00 bits per heavy atom. The molecule has 0 bridgehead atoms. The summed E-state index contributed by atoms with van der Waals surface area (Å²) in [6.07, 6.45) is 5.29. The van der Waals surface area contributed by atoms with E-state index in [2.05, 4.69) is 53.5 Å². The molecule has 2 aliphatic rings. The molecule has 0 radical (unpaired) electrons. The van der Waals surface area contributed by atoms with Gasteiger partial charge in [-0.25, -0.2) is 0 Å². The van der Waals surface area contributed by atoms with Crippen molar-refractivity contribution in [3.63, 3.8) is 0 Å². The van der Waals surface area contributed by atoms with Crippen LogP contribution in [0.15, 0.2) is 11.5 Å². The second-order valence-corrected chi connectivity index (χ2v) is 20.3. The van der Waals surface area contributed by atoms with Crippen molar-refractivity contribution < 1.29 is 23.1 Å². The van der Waals surface area contributed by atoms with Crippen LogP contribution < -0.4 is 0 Å². The topological polar surface area (TPSA) is 46.2 Å². The quantitative estimate of drug-likeness (QED) is 0.294. The maximum Gasteiger partial charge on any atom is 0.267 e. The zero-order valence-electron chi connectivity index (χ0n) is 20.9. The van der Waals surface area contributed by atoms with Gasteiger partial charge in [-0.05, 0) is 82.7 Å². The van der Waals surface area contributed by atoms with Gasteiger partial charge in [-0.2, -0.15) is 0 Å². The van der Waals surface area contributed by atoms with Crippen LogP contribution in [0, 0.1) is 5.92 Å². The van der Waals surface area contributed by atoms with Crippen LogP contribution in [0.25, 0.3) is 0 Å². The minimum atomic E-state index is -1.92. The van der Waals surface area contributed by atoms with E-state index in [-0.39, 0.29) is 17.4 Å². The minimum absolute atomic E-state index is 0.0682. The second-order valence-electron chi connectivity index (χ2n) is 11.1. The van der Waals surface area contributed by atoms with Crippen LogP contribution in [0.2, 0.25) is 37.8 Å². The summed E-state index contributed by atoms with van der Waals surface area (Å²) < 4.78 is 31.1. The fraction of sp³-hybridized carbons (Fsp3) is 0.913. The minimum Gasteiger partial charge on any atom is -0.520 e. The van der Waals surface area contributed by atoms with E-state index in [1.54, 1.807) is 0 Å². The van der Waals surface area contributed by atoms with Gasteiger partial charge in [0.25, 0.3) is 5.95 Å². The van der Waals surface area contributed by atoms with E-state index in [0.29, 0.717) is 25.7 Å². The van der Waals surface area contributed by atoms with Crippen LogP contribution in [-0.4, -0.2) is 48.8 Å². The van der Waals surface area contributed by atoms with Gasteiger partial charge >= 0.3 is 0 Å². The second kappa shape index (κ2) is 10.5. The number of ether oxygens (including phenoxy) is 3. The molecule has 0 N–H and O–H groups in total. The van der Waals surface area contributed by atoms with E-state index < -0.39 is 16.6 Å². The zero-order valence-corrected chi connectivity index (χ0v) is 22.9. The van der Waals surface area contributed by atoms with Gasteiger partial charge < -0.3 is 23.1 Å². The average molecular weight is 459 g/mol. The first-order valence-corrected chi connectivity index (χ1v) is 18.1. The Balaban J connectivity index is 2.35. The molecule has 2 rings (SSSR count). The Labute approximate surface area is 187 Å². The lowest BCUT2D eigenvalue weighted by Gasteiger charge is -2.43. The van der Waals surface area contributed by atoms with Crippen molar-refractivity contribution in [2.24, 2.45) is 5.92 Å². The van der Waals surface area contributed by atoms with E-state index in [0.717, 1.165) is 31.6 Å². The summed E-state index contributed by atoms with van der Waals surface area (Å²) in [6.45, 7) is 22.3. The molecule has 0 amide bonds. The van der Waals surface area contributed by atoms with Crippen LogP contribution in [0.4, 0.5) is 0 Å². The summed E-state index contributed by atoms with van der Waals surface area (Å²) in [4.78, 5) is 0. The molecule has 0 aromatic heterocycles. The highest BCUT2D eigenvalue weighted by Gasteiger charge is 2.43. The van der Waals surface area contributed by atoms with Crippen molar-refractivity contribution in [3.05, 3.63) is 11.5 Å². The van der Waals surface area contributed by atoms with E-state index in [1.165, 1.54) is 12.0 Å². The lowest BCUT2D eigenvalue weighted by atomic mass is 9.80. The van der Waals surface area contributed by atoms with Crippen molar-refractivity contribution in [2.45, 2.75) is 110 Å². The predicted molar refractivity (Wildman–Crippen MR) is 127 cm³/mol. The molecule has 0 aromatic rings. The Kier molecular flexibility index (Phi) is 9.08. The molecule has 1 aliphatic carbocycles. The van der Waals surface area contributed by atoms with Gasteiger partial charge in [0.1, 0.15) is 0 Å².